The molecule has 4 nitrogen and oxygen atoms in total. The van der Waals surface area contributed by atoms with E-state index in [0.717, 1.165) is 4.88 Å². The van der Waals surface area contributed by atoms with Crippen molar-refractivity contribution in [3.8, 4) is 5.88 Å². The first kappa shape index (κ1) is 10.2. The Morgan fingerprint density at radius 3 is 3.20 bits per heavy atom. The molecule has 0 unspecified atom stereocenters. The quantitative estimate of drug-likeness (QED) is 0.897. The molecule has 1 N–H and O–H groups in total. The Hall–Kier alpha value is -1.33. The van der Waals surface area contributed by atoms with Gasteiger partial charge in [-0.2, -0.15) is 0 Å². The Morgan fingerprint density at radius 1 is 1.60 bits per heavy atom. The number of ether oxygens (including phenoxy) is 1. The molecular weight excluding hydrogens is 236 g/mol. The topological polar surface area (TPSA) is 55.0 Å². The van der Waals surface area contributed by atoms with E-state index >= 15 is 0 Å². The summed E-state index contributed by atoms with van der Waals surface area (Å²) in [4.78, 5) is 18.3. The maximum Gasteiger partial charge on any atom is 0.273 e. The van der Waals surface area contributed by atoms with Crippen molar-refractivity contribution < 1.29 is 4.74 Å². The van der Waals surface area contributed by atoms with E-state index in [2.05, 4.69) is 9.97 Å². The van der Waals surface area contributed by atoms with E-state index in [9.17, 15) is 4.79 Å². The molecule has 0 aromatic carbocycles. The highest BCUT2D eigenvalue weighted by atomic mass is 35.5. The van der Waals surface area contributed by atoms with Gasteiger partial charge < -0.3 is 9.72 Å². The van der Waals surface area contributed by atoms with Crippen LogP contribution in [0.2, 0.25) is 5.02 Å². The van der Waals surface area contributed by atoms with Crippen LogP contribution < -0.4 is 10.3 Å². The average Bonchev–Trinajstić information content (AvgIpc) is 2.73. The SMILES string of the molecule is O=c1[nH]cnc(OCc2cccs2)c1Cl. The molecule has 2 aromatic heterocycles. The number of hydrogen-bond donors (Lipinski definition) is 1. The molecule has 0 aliphatic rings. The summed E-state index contributed by atoms with van der Waals surface area (Å²) < 4.78 is 5.31. The number of hydrogen-bond acceptors (Lipinski definition) is 4. The number of rotatable bonds is 3. The second-order valence-electron chi connectivity index (χ2n) is 2.72. The molecule has 15 heavy (non-hydrogen) atoms. The van der Waals surface area contributed by atoms with E-state index < -0.39 is 5.56 Å². The summed E-state index contributed by atoms with van der Waals surface area (Å²) in [5.41, 5.74) is -0.396. The highest BCUT2D eigenvalue weighted by molar-refractivity contribution is 7.09. The van der Waals surface area contributed by atoms with E-state index in [1.54, 1.807) is 11.3 Å². The lowest BCUT2D eigenvalue weighted by molar-refractivity contribution is 0.296. The lowest BCUT2D eigenvalue weighted by Gasteiger charge is -2.03. The van der Waals surface area contributed by atoms with Crippen LogP contribution in [0.4, 0.5) is 0 Å². The third-order valence-corrected chi connectivity index (χ3v) is 2.88. The van der Waals surface area contributed by atoms with Gasteiger partial charge in [0.2, 0.25) is 5.88 Å². The second-order valence-corrected chi connectivity index (χ2v) is 4.13. The van der Waals surface area contributed by atoms with Gasteiger partial charge in [-0.3, -0.25) is 4.79 Å². The van der Waals surface area contributed by atoms with Crippen molar-refractivity contribution in [1.29, 1.82) is 0 Å². The largest absolute Gasteiger partial charge is 0.471 e. The number of aromatic nitrogens is 2. The Balaban J connectivity index is 2.12. The molecule has 2 aromatic rings. The van der Waals surface area contributed by atoms with Gasteiger partial charge in [0.25, 0.3) is 5.56 Å². The minimum atomic E-state index is -0.396. The summed E-state index contributed by atoms with van der Waals surface area (Å²) >= 11 is 7.28. The molecule has 2 heterocycles. The molecule has 0 spiro atoms. The van der Waals surface area contributed by atoms with Crippen LogP contribution >= 0.6 is 22.9 Å². The fourth-order valence-corrected chi connectivity index (χ4v) is 1.78. The van der Waals surface area contributed by atoms with Gasteiger partial charge in [0.1, 0.15) is 6.61 Å². The van der Waals surface area contributed by atoms with Gasteiger partial charge in [0.05, 0.1) is 6.33 Å². The maximum atomic E-state index is 11.1. The molecule has 0 bridgehead atoms. The zero-order valence-corrected chi connectivity index (χ0v) is 9.14. The standard InChI is InChI=1S/C9H7ClN2O2S/c10-7-8(13)11-5-12-9(7)14-4-6-2-1-3-15-6/h1-3,5H,4H2,(H,11,12,13). The lowest BCUT2D eigenvalue weighted by atomic mass is 10.5. The van der Waals surface area contributed by atoms with Gasteiger partial charge >= 0.3 is 0 Å². The van der Waals surface area contributed by atoms with Crippen LogP contribution in [0, 0.1) is 0 Å². The normalized spacial score (nSPS) is 10.2. The van der Waals surface area contributed by atoms with Crippen molar-refractivity contribution >= 4 is 22.9 Å². The molecule has 0 fully saturated rings. The van der Waals surface area contributed by atoms with Gasteiger partial charge in [0.15, 0.2) is 5.02 Å². The molecule has 0 aliphatic carbocycles. The molecule has 6 heteroatoms. The van der Waals surface area contributed by atoms with Gasteiger partial charge in [-0.25, -0.2) is 4.98 Å². The predicted molar refractivity (Wildman–Crippen MR) is 58.5 cm³/mol. The fourth-order valence-electron chi connectivity index (χ4n) is 1.00. The summed E-state index contributed by atoms with van der Waals surface area (Å²) in [5.74, 6) is 0.161. The van der Waals surface area contributed by atoms with E-state index in [-0.39, 0.29) is 10.9 Å². The summed E-state index contributed by atoms with van der Waals surface area (Å²) in [5, 5.41) is 1.93. The molecule has 78 valence electrons. The van der Waals surface area contributed by atoms with Crippen molar-refractivity contribution in [2.75, 3.05) is 0 Å². The van der Waals surface area contributed by atoms with E-state index in [1.807, 2.05) is 17.5 Å². The molecule has 0 saturated carbocycles. The number of thiophene rings is 1. The molecule has 0 amide bonds. The van der Waals surface area contributed by atoms with Crippen molar-refractivity contribution in [3.05, 3.63) is 44.1 Å². The first-order chi connectivity index (χ1) is 7.27. The minimum Gasteiger partial charge on any atom is -0.471 e. The number of aromatic amines is 1. The second kappa shape index (κ2) is 4.46. The van der Waals surface area contributed by atoms with Crippen LogP contribution in [0.3, 0.4) is 0 Å². The average molecular weight is 243 g/mol. The van der Waals surface area contributed by atoms with Gasteiger partial charge in [-0.05, 0) is 11.4 Å². The number of nitrogens with zero attached hydrogens (tertiary/aromatic N) is 1. The Kier molecular flexibility index (Phi) is 3.03. The molecule has 2 rings (SSSR count). The van der Waals surface area contributed by atoms with Crippen molar-refractivity contribution in [1.82, 2.24) is 9.97 Å². The minimum absolute atomic E-state index is 0.0194. The Bertz CT molecular complexity index is 495. The van der Waals surface area contributed by atoms with Gasteiger partial charge in [-0.15, -0.1) is 11.3 Å². The maximum absolute atomic E-state index is 11.1. The molecular formula is C9H7ClN2O2S. The summed E-state index contributed by atoms with van der Waals surface area (Å²) in [6, 6.07) is 3.86. The third kappa shape index (κ3) is 2.37. The van der Waals surface area contributed by atoms with E-state index in [1.165, 1.54) is 6.33 Å². The van der Waals surface area contributed by atoms with Crippen LogP contribution in [0.1, 0.15) is 4.88 Å². The van der Waals surface area contributed by atoms with Gasteiger partial charge in [-0.1, -0.05) is 17.7 Å². The summed E-state index contributed by atoms with van der Waals surface area (Å²) in [6.45, 7) is 0.369. The molecule has 0 aliphatic heterocycles. The summed E-state index contributed by atoms with van der Waals surface area (Å²) in [6.07, 6.45) is 1.26. The lowest BCUT2D eigenvalue weighted by Crippen LogP contribution is -2.09. The number of halogens is 1. The molecule has 0 saturated heterocycles. The van der Waals surface area contributed by atoms with Crippen LogP contribution in [0.25, 0.3) is 0 Å². The number of nitrogens with one attached hydrogen (secondary N) is 1. The zero-order valence-electron chi connectivity index (χ0n) is 7.57. The predicted octanol–water partition coefficient (Wildman–Crippen LogP) is 2.06. The van der Waals surface area contributed by atoms with Crippen LogP contribution in [0.5, 0.6) is 5.88 Å². The first-order valence-corrected chi connectivity index (χ1v) is 5.41. The van der Waals surface area contributed by atoms with Crippen LogP contribution in [0.15, 0.2) is 28.6 Å². The van der Waals surface area contributed by atoms with E-state index in [4.69, 9.17) is 16.3 Å². The van der Waals surface area contributed by atoms with Gasteiger partial charge in [0, 0.05) is 4.88 Å². The number of H-pyrrole nitrogens is 1. The monoisotopic (exact) mass is 242 g/mol. The highest BCUT2D eigenvalue weighted by Crippen LogP contribution is 2.18. The third-order valence-electron chi connectivity index (χ3n) is 1.70. The zero-order chi connectivity index (χ0) is 10.7. The summed E-state index contributed by atoms with van der Waals surface area (Å²) in [7, 11) is 0. The van der Waals surface area contributed by atoms with E-state index in [0.29, 0.717) is 6.61 Å². The Morgan fingerprint density at radius 2 is 2.47 bits per heavy atom. The Labute approximate surface area is 94.5 Å². The van der Waals surface area contributed by atoms with Crippen molar-refractivity contribution in [3.63, 3.8) is 0 Å². The highest BCUT2D eigenvalue weighted by Gasteiger charge is 2.06. The first-order valence-electron chi connectivity index (χ1n) is 4.16. The van der Waals surface area contributed by atoms with Crippen LogP contribution in [-0.4, -0.2) is 9.97 Å². The van der Waals surface area contributed by atoms with Crippen molar-refractivity contribution in [2.45, 2.75) is 6.61 Å². The van der Waals surface area contributed by atoms with Crippen LogP contribution in [-0.2, 0) is 6.61 Å². The fraction of sp³-hybridized carbons (Fsp3) is 0.111. The molecule has 0 atom stereocenters. The van der Waals surface area contributed by atoms with Crippen molar-refractivity contribution in [2.24, 2.45) is 0 Å². The molecule has 0 radical (unpaired) electrons. The smallest absolute Gasteiger partial charge is 0.273 e.